The van der Waals surface area contributed by atoms with Gasteiger partial charge in [-0.3, -0.25) is 4.79 Å². The summed E-state index contributed by atoms with van der Waals surface area (Å²) >= 11 is 0.566. The summed E-state index contributed by atoms with van der Waals surface area (Å²) < 4.78 is 74.8. The van der Waals surface area contributed by atoms with E-state index in [0.29, 0.717) is 23.9 Å². The Morgan fingerprint density at radius 3 is 2.38 bits per heavy atom. The van der Waals surface area contributed by atoms with Gasteiger partial charge in [0.15, 0.2) is 17.5 Å². The van der Waals surface area contributed by atoms with Gasteiger partial charge in [0.05, 0.1) is 18.4 Å². The van der Waals surface area contributed by atoms with E-state index in [1.165, 1.54) is 11.9 Å². The second kappa shape index (κ2) is 10.9. The Morgan fingerprint density at radius 1 is 1.23 bits per heavy atom. The van der Waals surface area contributed by atoms with Gasteiger partial charge in [-0.2, -0.15) is 0 Å². The molecule has 1 unspecified atom stereocenters. The van der Waals surface area contributed by atoms with Gasteiger partial charge in [0, 0.05) is 32.0 Å². The number of ether oxygens (including phenoxy) is 1. The van der Waals surface area contributed by atoms with Crippen molar-refractivity contribution in [3.05, 3.63) is 35.8 Å². The van der Waals surface area contributed by atoms with Crippen molar-refractivity contribution in [1.82, 2.24) is 19.9 Å². The molecule has 16 heteroatoms. The van der Waals surface area contributed by atoms with Crippen LogP contribution in [0.3, 0.4) is 0 Å². The molecule has 0 spiro atoms. The average molecular weight is 583 g/mol. The predicted molar refractivity (Wildman–Crippen MR) is 126 cm³/mol. The first-order chi connectivity index (χ1) is 18.2. The molecule has 2 heterocycles. The lowest BCUT2D eigenvalue weighted by Gasteiger charge is -2.49. The molecule has 10 nitrogen and oxygen atoms in total. The van der Waals surface area contributed by atoms with Crippen LogP contribution in [0, 0.1) is 17.5 Å². The zero-order chi connectivity index (χ0) is 28.9. The maximum atomic E-state index is 13.7. The van der Waals surface area contributed by atoms with Crippen LogP contribution in [0.2, 0.25) is 0 Å². The summed E-state index contributed by atoms with van der Waals surface area (Å²) in [5.41, 5.74) is -3.89. The molecule has 1 aliphatic carbocycles. The summed E-state index contributed by atoms with van der Waals surface area (Å²) in [5, 5.41) is 48.7. The number of alkyl halides is 2. The number of carbonyl (C=O) groups is 1. The Bertz CT molecular complexity index is 1190. The minimum absolute atomic E-state index is 0.146. The summed E-state index contributed by atoms with van der Waals surface area (Å²) in [4.78, 5) is 14.3. The summed E-state index contributed by atoms with van der Waals surface area (Å²) in [5.74, 6) is -8.52. The number of benzene rings is 1. The first-order valence-corrected chi connectivity index (χ1v) is 12.9. The van der Waals surface area contributed by atoms with Crippen LogP contribution in [-0.2, 0) is 9.53 Å². The van der Waals surface area contributed by atoms with Crippen molar-refractivity contribution in [3.63, 3.8) is 0 Å². The lowest BCUT2D eigenvalue weighted by Crippen LogP contribution is -2.63. The number of aliphatic hydroxyl groups is 4. The van der Waals surface area contributed by atoms with Crippen LogP contribution < -0.4 is 0 Å². The Labute approximate surface area is 223 Å². The lowest BCUT2D eigenvalue weighted by atomic mass is 9.74. The minimum atomic E-state index is -3.19. The largest absolute Gasteiger partial charge is 0.394 e. The fourth-order valence-electron chi connectivity index (χ4n) is 4.69. The SMILES string of the molecule is CCN(C)C(=O)C(S[C@@H]1O[C@H](CO)[C@H](O)[C@H](n2cc(-c3cc(F)c(F)c(F)c3)nn2)[C@H]1O)C1(O)CC(F)(F)C1. The number of rotatable bonds is 8. The third-order valence-corrected chi connectivity index (χ3v) is 8.48. The molecule has 2 aromatic rings. The monoisotopic (exact) mass is 582 g/mol. The Hall–Kier alpha value is -2.37. The lowest BCUT2D eigenvalue weighted by molar-refractivity contribution is -0.206. The summed E-state index contributed by atoms with van der Waals surface area (Å²) in [6.07, 6.45) is -5.52. The van der Waals surface area contributed by atoms with E-state index in [2.05, 4.69) is 10.3 Å². The van der Waals surface area contributed by atoms with Crippen LogP contribution in [-0.4, -0.2) is 107 Å². The quantitative estimate of drug-likeness (QED) is 0.266. The van der Waals surface area contributed by atoms with Gasteiger partial charge in [0.2, 0.25) is 5.91 Å². The molecule has 1 aliphatic heterocycles. The van der Waals surface area contributed by atoms with E-state index in [0.717, 1.165) is 10.9 Å². The number of aromatic nitrogens is 3. The van der Waals surface area contributed by atoms with E-state index >= 15 is 0 Å². The number of aliphatic hydroxyl groups excluding tert-OH is 3. The first-order valence-electron chi connectivity index (χ1n) is 11.9. The van der Waals surface area contributed by atoms with Crippen LogP contribution in [0.4, 0.5) is 22.0 Å². The van der Waals surface area contributed by atoms with Crippen LogP contribution in [0.25, 0.3) is 11.3 Å². The van der Waals surface area contributed by atoms with Crippen LogP contribution >= 0.6 is 11.8 Å². The van der Waals surface area contributed by atoms with Gasteiger partial charge in [-0.05, 0) is 19.1 Å². The zero-order valence-corrected chi connectivity index (χ0v) is 21.5. The number of thioether (sulfide) groups is 1. The molecule has 4 N–H and O–H groups in total. The van der Waals surface area contributed by atoms with E-state index in [1.54, 1.807) is 6.92 Å². The van der Waals surface area contributed by atoms with Crippen molar-refractivity contribution >= 4 is 17.7 Å². The normalized spacial score (nSPS) is 28.5. The van der Waals surface area contributed by atoms with Crippen LogP contribution in [0.5, 0.6) is 0 Å². The van der Waals surface area contributed by atoms with Crippen molar-refractivity contribution in [2.24, 2.45) is 0 Å². The summed E-state index contributed by atoms with van der Waals surface area (Å²) in [7, 11) is 1.41. The molecule has 4 rings (SSSR count). The molecule has 1 saturated heterocycles. The van der Waals surface area contributed by atoms with Crippen molar-refractivity contribution in [2.75, 3.05) is 20.2 Å². The third kappa shape index (κ3) is 5.63. The van der Waals surface area contributed by atoms with Crippen molar-refractivity contribution in [1.29, 1.82) is 0 Å². The highest BCUT2D eigenvalue weighted by Crippen LogP contribution is 2.52. The van der Waals surface area contributed by atoms with Crippen LogP contribution in [0.15, 0.2) is 18.3 Å². The molecule has 1 saturated carbocycles. The number of hydrogen-bond acceptors (Lipinski definition) is 9. The van der Waals surface area contributed by atoms with Gasteiger partial charge in [-0.1, -0.05) is 5.21 Å². The maximum Gasteiger partial charge on any atom is 0.253 e. The van der Waals surface area contributed by atoms with E-state index in [9.17, 15) is 47.2 Å². The Kier molecular flexibility index (Phi) is 8.27. The second-order valence-corrected chi connectivity index (χ2v) is 10.9. The molecular weight excluding hydrogens is 555 g/mol. The number of hydrogen-bond donors (Lipinski definition) is 4. The zero-order valence-electron chi connectivity index (χ0n) is 20.7. The average Bonchev–Trinajstić information content (AvgIpc) is 3.34. The van der Waals surface area contributed by atoms with E-state index in [4.69, 9.17) is 4.74 Å². The Morgan fingerprint density at radius 2 is 1.85 bits per heavy atom. The number of halogens is 5. The smallest absolute Gasteiger partial charge is 0.253 e. The first kappa shape index (κ1) is 29.6. The van der Waals surface area contributed by atoms with Gasteiger partial charge >= 0.3 is 0 Å². The predicted octanol–water partition coefficient (Wildman–Crippen LogP) is 1.08. The van der Waals surface area contributed by atoms with E-state index in [-0.39, 0.29) is 17.8 Å². The molecule has 1 aromatic carbocycles. The molecular formula is C23H27F5N4O6S. The van der Waals surface area contributed by atoms with Gasteiger partial charge in [-0.15, -0.1) is 16.9 Å². The molecule has 0 radical (unpaired) electrons. The molecule has 1 amide bonds. The fraction of sp³-hybridized carbons (Fsp3) is 0.609. The number of carbonyl (C=O) groups excluding carboxylic acids is 1. The highest BCUT2D eigenvalue weighted by atomic mass is 32.2. The highest BCUT2D eigenvalue weighted by molar-refractivity contribution is 8.01. The van der Waals surface area contributed by atoms with Crippen molar-refractivity contribution < 1.29 is 51.9 Å². The van der Waals surface area contributed by atoms with Gasteiger partial charge in [0.1, 0.15) is 40.7 Å². The minimum Gasteiger partial charge on any atom is -0.394 e. The summed E-state index contributed by atoms with van der Waals surface area (Å²) in [6, 6.07) is -0.0512. The highest BCUT2D eigenvalue weighted by Gasteiger charge is 2.63. The van der Waals surface area contributed by atoms with Crippen molar-refractivity contribution in [2.45, 2.75) is 66.3 Å². The van der Waals surface area contributed by atoms with Crippen LogP contribution in [0.1, 0.15) is 25.8 Å². The molecule has 39 heavy (non-hydrogen) atoms. The van der Waals surface area contributed by atoms with Gasteiger partial charge < -0.3 is 30.1 Å². The molecule has 6 atom stereocenters. The standard InChI is InChI=1S/C23H27F5N4O6S/c1-3-31(2)20(36)19(22(37)8-23(27,28)9-22)39-21-18(35)16(17(34)14(7-33)38-21)32-6-13(29-30-32)10-4-11(24)15(26)12(25)5-10/h4-6,14,16-19,21,33-35,37H,3,7-9H2,1-2H3/t14-,16+,17+,18-,19?,21+/m1/s1. The number of amides is 1. The molecule has 2 fully saturated rings. The fourth-order valence-corrected chi connectivity index (χ4v) is 6.20. The summed E-state index contributed by atoms with van der Waals surface area (Å²) in [6.45, 7) is 1.08. The molecule has 216 valence electrons. The second-order valence-electron chi connectivity index (χ2n) is 9.72. The number of nitrogens with zero attached hydrogens (tertiary/aromatic N) is 4. The maximum absolute atomic E-state index is 13.7. The molecule has 1 aromatic heterocycles. The van der Waals surface area contributed by atoms with Gasteiger partial charge in [0.25, 0.3) is 5.92 Å². The van der Waals surface area contributed by atoms with E-state index in [1.807, 2.05) is 0 Å². The molecule has 0 bridgehead atoms. The third-order valence-electron chi connectivity index (χ3n) is 6.91. The topological polar surface area (TPSA) is 141 Å². The van der Waals surface area contributed by atoms with Crippen molar-refractivity contribution in [3.8, 4) is 11.3 Å². The molecule has 2 aliphatic rings. The van der Waals surface area contributed by atoms with E-state index < -0.39 is 89.4 Å². The Balaban J connectivity index is 1.64. The van der Waals surface area contributed by atoms with Gasteiger partial charge in [-0.25, -0.2) is 26.6 Å².